The Hall–Kier alpha value is -2.48. The van der Waals surface area contributed by atoms with Crippen LogP contribution in [0.3, 0.4) is 0 Å². The van der Waals surface area contributed by atoms with Crippen molar-refractivity contribution >= 4 is 16.8 Å². The average molecular weight is 407 g/mol. The van der Waals surface area contributed by atoms with Crippen molar-refractivity contribution in [1.29, 1.82) is 0 Å². The molecule has 7 nitrogen and oxygen atoms in total. The SMILES string of the molecule is C=CC1[C@@H](OC)C(OC)C23CC24c2cc5cc(OC)ccc5nc2C(=O)NC4CN13. The van der Waals surface area contributed by atoms with Crippen LogP contribution < -0.4 is 10.1 Å². The number of rotatable bonds is 4. The maximum absolute atomic E-state index is 13.0. The molecule has 1 amide bonds. The summed E-state index contributed by atoms with van der Waals surface area (Å²) in [5, 5.41) is 4.23. The number of nitrogens with one attached hydrogen (secondary N) is 1. The van der Waals surface area contributed by atoms with E-state index in [1.807, 2.05) is 24.3 Å². The zero-order valence-electron chi connectivity index (χ0n) is 17.3. The quantitative estimate of drug-likeness (QED) is 0.777. The number of carbonyl (C=O) groups excluding carboxylic acids is 1. The maximum atomic E-state index is 13.0. The van der Waals surface area contributed by atoms with Crippen LogP contribution in [0.15, 0.2) is 36.9 Å². The van der Waals surface area contributed by atoms with Crippen LogP contribution in [-0.4, -0.2) is 73.5 Å². The first-order valence-corrected chi connectivity index (χ1v) is 10.3. The van der Waals surface area contributed by atoms with Gasteiger partial charge in [-0.2, -0.15) is 0 Å². The summed E-state index contributed by atoms with van der Waals surface area (Å²) in [5.41, 5.74) is 1.85. The largest absolute Gasteiger partial charge is 0.497 e. The fraction of sp³-hybridized carbons (Fsp3) is 0.478. The highest BCUT2D eigenvalue weighted by atomic mass is 16.5. The van der Waals surface area contributed by atoms with Crippen LogP contribution in [0, 0.1) is 0 Å². The molecule has 1 saturated carbocycles. The first-order chi connectivity index (χ1) is 14.5. The van der Waals surface area contributed by atoms with Crippen molar-refractivity contribution in [1.82, 2.24) is 15.2 Å². The second kappa shape index (κ2) is 5.81. The Bertz CT molecular complexity index is 1100. The molecule has 2 aromatic rings. The van der Waals surface area contributed by atoms with Crippen LogP contribution in [-0.2, 0) is 14.9 Å². The molecule has 6 rings (SSSR count). The zero-order chi connectivity index (χ0) is 20.8. The van der Waals surface area contributed by atoms with E-state index in [1.165, 1.54) is 0 Å². The van der Waals surface area contributed by atoms with Gasteiger partial charge in [-0.25, -0.2) is 4.98 Å². The number of hydrogen-bond acceptors (Lipinski definition) is 6. The molecule has 156 valence electrons. The van der Waals surface area contributed by atoms with Crippen molar-refractivity contribution in [3.8, 4) is 5.75 Å². The van der Waals surface area contributed by atoms with Crippen LogP contribution in [0.4, 0.5) is 0 Å². The van der Waals surface area contributed by atoms with Gasteiger partial charge in [0.2, 0.25) is 0 Å². The number of fused-ring (bicyclic) bond motifs is 2. The molecular weight excluding hydrogens is 382 g/mol. The van der Waals surface area contributed by atoms with Gasteiger partial charge >= 0.3 is 0 Å². The third-order valence-electron chi connectivity index (χ3n) is 7.94. The number of nitrogens with zero attached hydrogens (tertiary/aromatic N) is 2. The number of carbonyl (C=O) groups is 1. The van der Waals surface area contributed by atoms with Gasteiger partial charge in [0.1, 0.15) is 23.7 Å². The van der Waals surface area contributed by atoms with Crippen LogP contribution in [0.2, 0.25) is 0 Å². The van der Waals surface area contributed by atoms with Crippen molar-refractivity contribution in [2.75, 3.05) is 27.9 Å². The summed E-state index contributed by atoms with van der Waals surface area (Å²) >= 11 is 0. The molecule has 1 aliphatic carbocycles. The van der Waals surface area contributed by atoms with E-state index in [-0.39, 0.29) is 41.2 Å². The molecule has 7 heteroatoms. The number of piperidine rings is 1. The van der Waals surface area contributed by atoms with E-state index < -0.39 is 0 Å². The van der Waals surface area contributed by atoms with Gasteiger partial charge in [0.15, 0.2) is 0 Å². The molecule has 4 heterocycles. The van der Waals surface area contributed by atoms with Crippen molar-refractivity contribution in [2.24, 2.45) is 0 Å². The topological polar surface area (TPSA) is 72.9 Å². The molecule has 2 saturated heterocycles. The first kappa shape index (κ1) is 18.3. The summed E-state index contributed by atoms with van der Waals surface area (Å²) in [5.74, 6) is 0.674. The number of pyridine rings is 1. The minimum Gasteiger partial charge on any atom is -0.497 e. The van der Waals surface area contributed by atoms with E-state index in [2.05, 4.69) is 22.9 Å². The molecule has 2 spiro atoms. The summed E-state index contributed by atoms with van der Waals surface area (Å²) in [6.07, 6.45) is 2.64. The lowest BCUT2D eigenvalue weighted by molar-refractivity contribution is -0.0313. The molecular formula is C23H25N3O4. The third-order valence-corrected chi connectivity index (χ3v) is 7.94. The monoisotopic (exact) mass is 407 g/mol. The lowest BCUT2D eigenvalue weighted by Gasteiger charge is -2.34. The standard InChI is InChI=1S/C23H25N3O4/c1-5-16-19(29-3)20(30-4)23-11-22(23)14-9-12-8-13(28-2)6-7-15(12)24-18(14)21(27)25-17(22)10-26(16)23/h5-9,16-17,19-20H,1,10-11H2,2-4H3,(H,25,27)/t16?,17?,19-,20?,22?,23?/m1/s1. The Morgan fingerprint density at radius 2 is 2.10 bits per heavy atom. The average Bonchev–Trinajstić information content (AvgIpc) is 3.26. The Balaban J connectivity index is 1.58. The Labute approximate surface area is 175 Å². The lowest BCUT2D eigenvalue weighted by atomic mass is 9.80. The van der Waals surface area contributed by atoms with E-state index >= 15 is 0 Å². The highest BCUT2D eigenvalue weighted by Gasteiger charge is 2.87. The molecule has 3 fully saturated rings. The Morgan fingerprint density at radius 1 is 1.27 bits per heavy atom. The normalized spacial score (nSPS) is 38.4. The Kier molecular flexibility index (Phi) is 3.54. The van der Waals surface area contributed by atoms with Gasteiger partial charge in [-0.05, 0) is 36.2 Å². The van der Waals surface area contributed by atoms with Crippen molar-refractivity contribution in [2.45, 2.75) is 41.7 Å². The fourth-order valence-corrected chi connectivity index (χ4v) is 6.77. The van der Waals surface area contributed by atoms with E-state index in [0.717, 1.165) is 35.2 Å². The molecule has 4 aliphatic rings. The van der Waals surface area contributed by atoms with Gasteiger partial charge in [-0.1, -0.05) is 6.08 Å². The number of benzene rings is 1. The van der Waals surface area contributed by atoms with E-state index in [9.17, 15) is 4.79 Å². The number of aromatic nitrogens is 1. The second-order valence-corrected chi connectivity index (χ2v) is 8.78. The zero-order valence-corrected chi connectivity index (χ0v) is 17.3. The van der Waals surface area contributed by atoms with Crippen LogP contribution >= 0.6 is 0 Å². The van der Waals surface area contributed by atoms with E-state index in [0.29, 0.717) is 5.69 Å². The summed E-state index contributed by atoms with van der Waals surface area (Å²) < 4.78 is 17.3. The predicted molar refractivity (Wildman–Crippen MR) is 111 cm³/mol. The van der Waals surface area contributed by atoms with Crippen molar-refractivity contribution < 1.29 is 19.0 Å². The van der Waals surface area contributed by atoms with Crippen LogP contribution in [0.5, 0.6) is 5.75 Å². The molecule has 6 atom stereocenters. The first-order valence-electron chi connectivity index (χ1n) is 10.3. The molecule has 1 N–H and O–H groups in total. The second-order valence-electron chi connectivity index (χ2n) is 8.78. The number of ether oxygens (including phenoxy) is 3. The molecule has 1 aromatic carbocycles. The smallest absolute Gasteiger partial charge is 0.270 e. The van der Waals surface area contributed by atoms with E-state index in [4.69, 9.17) is 19.2 Å². The van der Waals surface area contributed by atoms with Gasteiger partial charge in [0.05, 0.1) is 30.2 Å². The summed E-state index contributed by atoms with van der Waals surface area (Å²) in [7, 11) is 5.14. The van der Waals surface area contributed by atoms with Crippen LogP contribution in [0.25, 0.3) is 10.9 Å². The maximum Gasteiger partial charge on any atom is 0.270 e. The van der Waals surface area contributed by atoms with E-state index in [1.54, 1.807) is 21.3 Å². The highest BCUT2D eigenvalue weighted by molar-refractivity contribution is 6.00. The summed E-state index contributed by atoms with van der Waals surface area (Å²) in [6, 6.07) is 7.95. The molecule has 1 aromatic heterocycles. The van der Waals surface area contributed by atoms with Gasteiger partial charge < -0.3 is 19.5 Å². The van der Waals surface area contributed by atoms with Gasteiger partial charge in [-0.3, -0.25) is 9.69 Å². The predicted octanol–water partition coefficient (Wildman–Crippen LogP) is 1.65. The minimum atomic E-state index is -0.240. The molecule has 0 radical (unpaired) electrons. The number of hydrogen-bond donors (Lipinski definition) is 1. The van der Waals surface area contributed by atoms with Crippen molar-refractivity contribution in [3.05, 3.63) is 48.2 Å². The molecule has 30 heavy (non-hydrogen) atoms. The minimum absolute atomic E-state index is 0.0141. The number of amides is 1. The Morgan fingerprint density at radius 3 is 2.80 bits per heavy atom. The van der Waals surface area contributed by atoms with Crippen LogP contribution in [0.1, 0.15) is 22.5 Å². The molecule has 3 aliphatic heterocycles. The van der Waals surface area contributed by atoms with Gasteiger partial charge in [-0.15, -0.1) is 6.58 Å². The number of methoxy groups -OCH3 is 3. The molecule has 0 bridgehead atoms. The fourth-order valence-electron chi connectivity index (χ4n) is 6.77. The van der Waals surface area contributed by atoms with Gasteiger partial charge in [0.25, 0.3) is 5.91 Å². The third kappa shape index (κ3) is 1.83. The lowest BCUT2D eigenvalue weighted by Crippen LogP contribution is -2.53. The highest BCUT2D eigenvalue weighted by Crippen LogP contribution is 2.73. The summed E-state index contributed by atoms with van der Waals surface area (Å²) in [6.45, 7) is 4.81. The van der Waals surface area contributed by atoms with Crippen molar-refractivity contribution in [3.63, 3.8) is 0 Å². The summed E-state index contributed by atoms with van der Waals surface area (Å²) in [4.78, 5) is 20.2. The molecule has 5 unspecified atom stereocenters. The van der Waals surface area contributed by atoms with Gasteiger partial charge in [0, 0.05) is 31.6 Å².